The Bertz CT molecular complexity index is 1180. The van der Waals surface area contributed by atoms with Crippen molar-refractivity contribution >= 4 is 17.0 Å². The fraction of sp³-hybridized carbons (Fsp3) is 0.200. The molecule has 0 bridgehead atoms. The number of likely N-dealkylation sites (tertiary alicyclic amines) is 1. The third-order valence-corrected chi connectivity index (χ3v) is 5.64. The minimum atomic E-state index is -0.299. The van der Waals surface area contributed by atoms with Crippen molar-refractivity contribution < 1.29 is 13.6 Å². The number of nitrogens with zero attached hydrogens (tertiary/aromatic N) is 2. The number of oxazole rings is 1. The minimum Gasteiger partial charge on any atom is -0.438 e. The van der Waals surface area contributed by atoms with Gasteiger partial charge in [-0.25, -0.2) is 9.37 Å². The van der Waals surface area contributed by atoms with Crippen LogP contribution in [0.2, 0.25) is 0 Å². The molecule has 4 aromatic rings. The summed E-state index contributed by atoms with van der Waals surface area (Å²) < 4.78 is 19.2. The summed E-state index contributed by atoms with van der Waals surface area (Å²) in [5.41, 5.74) is 4.53. The first kappa shape index (κ1) is 18.6. The van der Waals surface area contributed by atoms with Crippen LogP contribution in [0.25, 0.3) is 22.2 Å². The molecule has 5 rings (SSSR count). The number of benzene rings is 3. The Morgan fingerprint density at radius 3 is 2.63 bits per heavy atom. The SMILES string of the molecule is O=C(Cc1ccc(F)cc1)N1CCCC1c1nc2cc(-c3ccccc3)ccc2o1. The molecule has 2 heterocycles. The average molecular weight is 400 g/mol. The van der Waals surface area contributed by atoms with E-state index in [1.54, 1.807) is 12.1 Å². The third-order valence-electron chi connectivity index (χ3n) is 5.64. The van der Waals surface area contributed by atoms with Gasteiger partial charge in [0.25, 0.3) is 0 Å². The van der Waals surface area contributed by atoms with Crippen LogP contribution in [0, 0.1) is 5.82 Å². The number of carbonyl (C=O) groups excluding carboxylic acids is 1. The first-order valence-electron chi connectivity index (χ1n) is 10.2. The van der Waals surface area contributed by atoms with Crippen LogP contribution in [0.1, 0.15) is 30.3 Å². The van der Waals surface area contributed by atoms with Gasteiger partial charge in [-0.3, -0.25) is 4.79 Å². The Balaban J connectivity index is 1.39. The third kappa shape index (κ3) is 3.59. The van der Waals surface area contributed by atoms with Crippen LogP contribution in [-0.2, 0) is 11.2 Å². The highest BCUT2D eigenvalue weighted by Crippen LogP contribution is 2.34. The number of halogens is 1. The Morgan fingerprint density at radius 2 is 1.83 bits per heavy atom. The Morgan fingerprint density at radius 1 is 1.03 bits per heavy atom. The van der Waals surface area contributed by atoms with Gasteiger partial charge in [0.05, 0.1) is 6.42 Å². The molecule has 150 valence electrons. The summed E-state index contributed by atoms with van der Waals surface area (Å²) >= 11 is 0. The van der Waals surface area contributed by atoms with E-state index in [1.807, 2.05) is 41.3 Å². The minimum absolute atomic E-state index is 0.0105. The Kier molecular flexibility index (Phi) is 4.79. The van der Waals surface area contributed by atoms with E-state index >= 15 is 0 Å². The molecule has 5 heteroatoms. The van der Waals surface area contributed by atoms with Crippen LogP contribution in [0.3, 0.4) is 0 Å². The monoisotopic (exact) mass is 400 g/mol. The predicted molar refractivity (Wildman–Crippen MR) is 113 cm³/mol. The van der Waals surface area contributed by atoms with Crippen LogP contribution in [0.15, 0.2) is 77.2 Å². The quantitative estimate of drug-likeness (QED) is 0.452. The van der Waals surface area contributed by atoms with Crippen LogP contribution in [0.5, 0.6) is 0 Å². The van der Waals surface area contributed by atoms with Gasteiger partial charge < -0.3 is 9.32 Å². The summed E-state index contributed by atoms with van der Waals surface area (Å²) in [5, 5.41) is 0. The zero-order valence-corrected chi connectivity index (χ0v) is 16.4. The molecule has 1 aliphatic rings. The number of hydrogen-bond donors (Lipinski definition) is 0. The van der Waals surface area contributed by atoms with E-state index < -0.39 is 0 Å². The van der Waals surface area contributed by atoms with Crippen LogP contribution < -0.4 is 0 Å². The standard InChI is InChI=1S/C25H21FN2O2/c26-20-11-8-17(9-12-20)15-24(29)28-14-4-7-22(28)25-27-21-16-19(10-13-23(21)30-25)18-5-2-1-3-6-18/h1-3,5-6,8-13,16,22H,4,7,14-15H2. The van der Waals surface area contributed by atoms with Crippen molar-refractivity contribution in [2.45, 2.75) is 25.3 Å². The molecule has 30 heavy (non-hydrogen) atoms. The van der Waals surface area contributed by atoms with Crippen molar-refractivity contribution in [3.8, 4) is 11.1 Å². The lowest BCUT2D eigenvalue weighted by Gasteiger charge is -2.22. The lowest BCUT2D eigenvalue weighted by Crippen LogP contribution is -2.32. The fourth-order valence-corrected chi connectivity index (χ4v) is 4.10. The second kappa shape index (κ2) is 7.75. The van der Waals surface area contributed by atoms with E-state index in [4.69, 9.17) is 9.40 Å². The van der Waals surface area contributed by atoms with Gasteiger partial charge in [-0.05, 0) is 53.8 Å². The van der Waals surface area contributed by atoms with Gasteiger partial charge in [-0.1, -0.05) is 48.5 Å². The maximum Gasteiger partial charge on any atom is 0.227 e. The molecule has 1 unspecified atom stereocenters. The number of fused-ring (bicyclic) bond motifs is 1. The van der Waals surface area contributed by atoms with Crippen molar-refractivity contribution in [2.75, 3.05) is 6.54 Å². The van der Waals surface area contributed by atoms with Crippen molar-refractivity contribution in [1.29, 1.82) is 0 Å². The molecule has 0 N–H and O–H groups in total. The molecule has 1 fully saturated rings. The van der Waals surface area contributed by atoms with Gasteiger partial charge in [0, 0.05) is 6.54 Å². The molecule has 1 saturated heterocycles. The highest BCUT2D eigenvalue weighted by Gasteiger charge is 2.33. The molecule has 0 radical (unpaired) electrons. The van der Waals surface area contributed by atoms with Crippen LogP contribution in [-0.4, -0.2) is 22.3 Å². The van der Waals surface area contributed by atoms with E-state index in [1.165, 1.54) is 12.1 Å². The van der Waals surface area contributed by atoms with Gasteiger partial charge >= 0.3 is 0 Å². The molecule has 1 atom stereocenters. The molecule has 0 spiro atoms. The molecule has 0 aliphatic carbocycles. The van der Waals surface area contributed by atoms with Crippen LogP contribution >= 0.6 is 0 Å². The van der Waals surface area contributed by atoms with E-state index in [0.29, 0.717) is 12.4 Å². The van der Waals surface area contributed by atoms with Gasteiger partial charge in [0.15, 0.2) is 5.58 Å². The summed E-state index contributed by atoms with van der Waals surface area (Å²) in [5.74, 6) is 0.295. The van der Waals surface area contributed by atoms with E-state index in [2.05, 4.69) is 12.1 Å². The molecule has 1 amide bonds. The van der Waals surface area contributed by atoms with E-state index in [-0.39, 0.29) is 24.2 Å². The maximum atomic E-state index is 13.1. The van der Waals surface area contributed by atoms with E-state index in [0.717, 1.165) is 40.6 Å². The van der Waals surface area contributed by atoms with Gasteiger partial charge in [0.1, 0.15) is 17.4 Å². The van der Waals surface area contributed by atoms with Crippen LogP contribution in [0.4, 0.5) is 4.39 Å². The largest absolute Gasteiger partial charge is 0.438 e. The summed E-state index contributed by atoms with van der Waals surface area (Å²) in [4.78, 5) is 19.5. The van der Waals surface area contributed by atoms with Gasteiger partial charge in [-0.15, -0.1) is 0 Å². The second-order valence-corrected chi connectivity index (χ2v) is 7.65. The summed E-state index contributed by atoms with van der Waals surface area (Å²) in [7, 11) is 0. The highest BCUT2D eigenvalue weighted by molar-refractivity contribution is 5.81. The number of carbonyl (C=O) groups is 1. The summed E-state index contributed by atoms with van der Waals surface area (Å²) in [6.45, 7) is 0.679. The normalized spacial score (nSPS) is 16.3. The zero-order chi connectivity index (χ0) is 20.5. The maximum absolute atomic E-state index is 13.1. The number of rotatable bonds is 4. The zero-order valence-electron chi connectivity index (χ0n) is 16.4. The number of amides is 1. The Hall–Kier alpha value is -3.47. The van der Waals surface area contributed by atoms with Crippen molar-refractivity contribution in [1.82, 2.24) is 9.88 Å². The van der Waals surface area contributed by atoms with Gasteiger partial charge in [-0.2, -0.15) is 0 Å². The topological polar surface area (TPSA) is 46.3 Å². The molecule has 3 aromatic carbocycles. The molecular weight excluding hydrogens is 379 g/mol. The van der Waals surface area contributed by atoms with Crippen molar-refractivity contribution in [3.05, 3.63) is 90.1 Å². The first-order valence-corrected chi connectivity index (χ1v) is 10.2. The summed E-state index contributed by atoms with van der Waals surface area (Å²) in [6, 6.07) is 22.1. The number of hydrogen-bond acceptors (Lipinski definition) is 3. The number of aromatic nitrogens is 1. The molecular formula is C25H21FN2O2. The predicted octanol–water partition coefficient (Wildman–Crippen LogP) is 5.54. The fourth-order valence-electron chi connectivity index (χ4n) is 4.10. The van der Waals surface area contributed by atoms with E-state index in [9.17, 15) is 9.18 Å². The molecule has 1 aliphatic heterocycles. The molecule has 4 nitrogen and oxygen atoms in total. The molecule has 1 aromatic heterocycles. The second-order valence-electron chi connectivity index (χ2n) is 7.65. The lowest BCUT2D eigenvalue weighted by molar-refractivity contribution is -0.131. The lowest BCUT2D eigenvalue weighted by atomic mass is 10.1. The van der Waals surface area contributed by atoms with Crippen molar-refractivity contribution in [3.63, 3.8) is 0 Å². The molecule has 0 saturated carbocycles. The first-order chi connectivity index (χ1) is 14.7. The average Bonchev–Trinajstić information content (AvgIpc) is 3.42. The summed E-state index contributed by atoms with van der Waals surface area (Å²) in [6.07, 6.45) is 1.98. The van der Waals surface area contributed by atoms with Crippen molar-refractivity contribution in [2.24, 2.45) is 0 Å². The smallest absolute Gasteiger partial charge is 0.227 e. The van der Waals surface area contributed by atoms with Gasteiger partial charge in [0.2, 0.25) is 11.8 Å². The Labute approximate surface area is 174 Å². The highest BCUT2D eigenvalue weighted by atomic mass is 19.1.